The van der Waals surface area contributed by atoms with Crippen LogP contribution in [0.25, 0.3) is 10.8 Å². The second kappa shape index (κ2) is 5.59. The van der Waals surface area contributed by atoms with Gasteiger partial charge in [0.25, 0.3) is 5.91 Å². The Hall–Kier alpha value is -1.94. The number of carbonyl (C=O) groups excluding carboxylic acids is 1. The molecule has 4 heteroatoms. The SMILES string of the molecule is CCN1CCN(C(=O)c2ccc3cnccc3c2)CC1. The zero-order chi connectivity index (χ0) is 13.9. The van der Waals surface area contributed by atoms with E-state index in [1.807, 2.05) is 35.4 Å². The molecule has 1 saturated heterocycles. The van der Waals surface area contributed by atoms with E-state index in [9.17, 15) is 4.79 Å². The Morgan fingerprint density at radius 3 is 2.70 bits per heavy atom. The maximum atomic E-state index is 12.5. The summed E-state index contributed by atoms with van der Waals surface area (Å²) in [4.78, 5) is 20.9. The Labute approximate surface area is 119 Å². The van der Waals surface area contributed by atoms with Crippen LogP contribution < -0.4 is 0 Å². The van der Waals surface area contributed by atoms with Gasteiger partial charge in [-0.1, -0.05) is 13.0 Å². The summed E-state index contributed by atoms with van der Waals surface area (Å²) < 4.78 is 0. The molecule has 4 nitrogen and oxygen atoms in total. The van der Waals surface area contributed by atoms with E-state index in [1.165, 1.54) is 0 Å². The first-order valence-electron chi connectivity index (χ1n) is 7.13. The lowest BCUT2D eigenvalue weighted by atomic mass is 10.1. The average Bonchev–Trinajstić information content (AvgIpc) is 2.54. The Bertz CT molecular complexity index is 618. The number of pyridine rings is 1. The lowest BCUT2D eigenvalue weighted by molar-refractivity contribution is 0.0643. The van der Waals surface area contributed by atoms with Crippen molar-refractivity contribution < 1.29 is 4.79 Å². The smallest absolute Gasteiger partial charge is 0.253 e. The third kappa shape index (κ3) is 2.51. The molecule has 0 aliphatic carbocycles. The van der Waals surface area contributed by atoms with Crippen LogP contribution in [0.3, 0.4) is 0 Å². The number of hydrogen-bond acceptors (Lipinski definition) is 3. The second-order valence-electron chi connectivity index (χ2n) is 5.16. The minimum absolute atomic E-state index is 0.138. The molecule has 0 spiro atoms. The number of aromatic nitrogens is 1. The molecule has 1 aromatic carbocycles. The molecule has 1 amide bonds. The Kier molecular flexibility index (Phi) is 3.65. The monoisotopic (exact) mass is 269 g/mol. The van der Waals surface area contributed by atoms with Gasteiger partial charge in [-0.2, -0.15) is 0 Å². The van der Waals surface area contributed by atoms with E-state index in [4.69, 9.17) is 0 Å². The van der Waals surface area contributed by atoms with Crippen LogP contribution in [-0.4, -0.2) is 53.4 Å². The first-order chi connectivity index (χ1) is 9.78. The maximum absolute atomic E-state index is 12.5. The molecule has 2 heterocycles. The first-order valence-corrected chi connectivity index (χ1v) is 7.13. The highest BCUT2D eigenvalue weighted by molar-refractivity contribution is 5.98. The highest BCUT2D eigenvalue weighted by atomic mass is 16.2. The van der Waals surface area contributed by atoms with Crippen molar-refractivity contribution in [1.29, 1.82) is 0 Å². The van der Waals surface area contributed by atoms with Crippen LogP contribution in [-0.2, 0) is 0 Å². The summed E-state index contributed by atoms with van der Waals surface area (Å²) in [6.45, 7) is 6.81. The van der Waals surface area contributed by atoms with E-state index in [0.29, 0.717) is 0 Å². The quantitative estimate of drug-likeness (QED) is 0.837. The fourth-order valence-electron chi connectivity index (χ4n) is 2.67. The zero-order valence-corrected chi connectivity index (χ0v) is 11.7. The molecule has 2 aromatic rings. The molecule has 0 N–H and O–H groups in total. The third-order valence-electron chi connectivity index (χ3n) is 3.99. The van der Waals surface area contributed by atoms with Crippen molar-refractivity contribution in [3.8, 4) is 0 Å². The van der Waals surface area contributed by atoms with Crippen molar-refractivity contribution in [1.82, 2.24) is 14.8 Å². The Morgan fingerprint density at radius 2 is 1.95 bits per heavy atom. The molecule has 1 fully saturated rings. The number of fused-ring (bicyclic) bond motifs is 1. The van der Waals surface area contributed by atoms with Gasteiger partial charge in [0, 0.05) is 49.5 Å². The second-order valence-corrected chi connectivity index (χ2v) is 5.16. The van der Waals surface area contributed by atoms with E-state index < -0.39 is 0 Å². The van der Waals surface area contributed by atoms with Crippen molar-refractivity contribution in [3.63, 3.8) is 0 Å². The largest absolute Gasteiger partial charge is 0.336 e. The summed E-state index contributed by atoms with van der Waals surface area (Å²) in [5.41, 5.74) is 0.772. The minimum Gasteiger partial charge on any atom is -0.336 e. The predicted molar refractivity (Wildman–Crippen MR) is 79.8 cm³/mol. The lowest BCUT2D eigenvalue weighted by Gasteiger charge is -2.34. The highest BCUT2D eigenvalue weighted by Gasteiger charge is 2.21. The standard InChI is InChI=1S/C16H19N3O/c1-2-18-7-9-19(10-8-18)16(20)14-3-4-15-12-17-6-5-13(15)11-14/h3-6,11-12H,2,7-10H2,1H3. The Morgan fingerprint density at radius 1 is 1.15 bits per heavy atom. The van der Waals surface area contributed by atoms with Gasteiger partial charge < -0.3 is 9.80 Å². The molecule has 0 saturated carbocycles. The third-order valence-corrected chi connectivity index (χ3v) is 3.99. The normalized spacial score (nSPS) is 16.6. The molecule has 104 valence electrons. The molecule has 0 bridgehead atoms. The van der Waals surface area contributed by atoms with E-state index in [2.05, 4.69) is 16.8 Å². The topological polar surface area (TPSA) is 36.4 Å². The molecule has 1 aliphatic heterocycles. The Balaban J connectivity index is 1.79. The van der Waals surface area contributed by atoms with Crippen molar-refractivity contribution in [3.05, 3.63) is 42.2 Å². The number of likely N-dealkylation sites (N-methyl/N-ethyl adjacent to an activating group) is 1. The van der Waals surface area contributed by atoms with Crippen LogP contribution in [0.15, 0.2) is 36.7 Å². The summed E-state index contributed by atoms with van der Waals surface area (Å²) in [5.74, 6) is 0.138. The summed E-state index contributed by atoms with van der Waals surface area (Å²) >= 11 is 0. The fraction of sp³-hybridized carbons (Fsp3) is 0.375. The number of benzene rings is 1. The molecular formula is C16H19N3O. The van der Waals surface area contributed by atoms with Gasteiger partial charge in [0.1, 0.15) is 0 Å². The van der Waals surface area contributed by atoms with Crippen LogP contribution in [0.4, 0.5) is 0 Å². The number of amides is 1. The molecule has 1 aromatic heterocycles. The van der Waals surface area contributed by atoms with Crippen LogP contribution in [0, 0.1) is 0 Å². The van der Waals surface area contributed by atoms with Crippen LogP contribution in [0.1, 0.15) is 17.3 Å². The van der Waals surface area contributed by atoms with Crippen molar-refractivity contribution in [2.45, 2.75) is 6.92 Å². The fourth-order valence-corrected chi connectivity index (χ4v) is 2.67. The van der Waals surface area contributed by atoms with Crippen molar-refractivity contribution in [2.24, 2.45) is 0 Å². The van der Waals surface area contributed by atoms with Gasteiger partial charge in [0.2, 0.25) is 0 Å². The molecule has 0 unspecified atom stereocenters. The van der Waals surface area contributed by atoms with Gasteiger partial charge in [-0.25, -0.2) is 0 Å². The highest BCUT2D eigenvalue weighted by Crippen LogP contribution is 2.16. The number of nitrogens with zero attached hydrogens (tertiary/aromatic N) is 3. The molecule has 0 atom stereocenters. The van der Waals surface area contributed by atoms with E-state index in [0.717, 1.165) is 49.1 Å². The minimum atomic E-state index is 0.138. The van der Waals surface area contributed by atoms with Crippen molar-refractivity contribution >= 4 is 16.7 Å². The van der Waals surface area contributed by atoms with E-state index in [-0.39, 0.29) is 5.91 Å². The molecule has 0 radical (unpaired) electrons. The summed E-state index contributed by atoms with van der Waals surface area (Å²) in [6.07, 6.45) is 3.58. The van der Waals surface area contributed by atoms with Gasteiger partial charge in [-0.05, 0) is 30.1 Å². The average molecular weight is 269 g/mol. The van der Waals surface area contributed by atoms with Crippen LogP contribution in [0.5, 0.6) is 0 Å². The molecule has 20 heavy (non-hydrogen) atoms. The molecular weight excluding hydrogens is 250 g/mol. The zero-order valence-electron chi connectivity index (χ0n) is 11.7. The summed E-state index contributed by atoms with van der Waals surface area (Å²) in [7, 11) is 0. The van der Waals surface area contributed by atoms with Gasteiger partial charge in [0.05, 0.1) is 0 Å². The van der Waals surface area contributed by atoms with Gasteiger partial charge >= 0.3 is 0 Å². The first kappa shape index (κ1) is 13.1. The van der Waals surface area contributed by atoms with Crippen LogP contribution in [0.2, 0.25) is 0 Å². The number of piperazine rings is 1. The van der Waals surface area contributed by atoms with Gasteiger partial charge in [-0.3, -0.25) is 9.78 Å². The number of rotatable bonds is 2. The van der Waals surface area contributed by atoms with Crippen molar-refractivity contribution in [2.75, 3.05) is 32.7 Å². The van der Waals surface area contributed by atoms with E-state index in [1.54, 1.807) is 6.20 Å². The molecule has 1 aliphatic rings. The van der Waals surface area contributed by atoms with E-state index >= 15 is 0 Å². The summed E-state index contributed by atoms with van der Waals surface area (Å²) in [5, 5.41) is 2.14. The van der Waals surface area contributed by atoms with Crippen LogP contribution >= 0.6 is 0 Å². The molecule has 3 rings (SSSR count). The summed E-state index contributed by atoms with van der Waals surface area (Å²) in [6, 6.07) is 7.78. The lowest BCUT2D eigenvalue weighted by Crippen LogP contribution is -2.48. The number of hydrogen-bond donors (Lipinski definition) is 0. The predicted octanol–water partition coefficient (Wildman–Crippen LogP) is 2.01. The van der Waals surface area contributed by atoms with Gasteiger partial charge in [0.15, 0.2) is 0 Å². The number of carbonyl (C=O) groups is 1. The van der Waals surface area contributed by atoms with Gasteiger partial charge in [-0.15, -0.1) is 0 Å². The maximum Gasteiger partial charge on any atom is 0.253 e.